The topological polar surface area (TPSA) is 26.3 Å². The summed E-state index contributed by atoms with van der Waals surface area (Å²) in [6, 6.07) is 0. The van der Waals surface area contributed by atoms with Crippen molar-refractivity contribution in [3.05, 3.63) is 0 Å². The summed E-state index contributed by atoms with van der Waals surface area (Å²) in [5, 5.41) is 0. The van der Waals surface area contributed by atoms with E-state index in [0.29, 0.717) is 44.9 Å². The number of Topliss-reactive ketones (excluding diaryl/α,β-unsaturated/α-hetero) is 1. The number of ether oxygens (including phenoxy) is 1. The number of carbonyl (C=O) groups is 1. The normalized spacial score (nSPS) is 57.7. The average molecular weight is 441 g/mol. The van der Waals surface area contributed by atoms with Crippen LogP contribution in [-0.4, -0.2) is 18.5 Å². The molecule has 2 nitrogen and oxygen atoms in total. The molecule has 0 radical (unpaired) electrons. The lowest BCUT2D eigenvalue weighted by molar-refractivity contribution is -0.239. The van der Waals surface area contributed by atoms with Crippen LogP contribution in [0.2, 0.25) is 0 Å². The van der Waals surface area contributed by atoms with Gasteiger partial charge in [-0.05, 0) is 109 Å². The second-order valence-electron chi connectivity index (χ2n) is 15.4. The zero-order valence-electron chi connectivity index (χ0n) is 22.0. The minimum absolute atomic E-state index is 0.136. The van der Waals surface area contributed by atoms with Gasteiger partial charge in [0.25, 0.3) is 0 Å². The zero-order chi connectivity index (χ0) is 22.9. The first-order valence-electron chi connectivity index (χ1n) is 14.0. The second kappa shape index (κ2) is 6.24. The number of carbonyl (C=O) groups excluding carboxylic acids is 1. The van der Waals surface area contributed by atoms with Gasteiger partial charge in [-0.2, -0.15) is 0 Å². The van der Waals surface area contributed by atoms with Crippen LogP contribution in [0.5, 0.6) is 0 Å². The Kier molecular flexibility index (Phi) is 4.31. The van der Waals surface area contributed by atoms with Crippen LogP contribution < -0.4 is 0 Å². The smallest absolute Gasteiger partial charge is 0.138 e. The van der Waals surface area contributed by atoms with Crippen LogP contribution >= 0.6 is 0 Å². The summed E-state index contributed by atoms with van der Waals surface area (Å²) in [5.41, 5.74) is 1.83. The van der Waals surface area contributed by atoms with Gasteiger partial charge in [0, 0.05) is 11.8 Å². The third-order valence-corrected chi connectivity index (χ3v) is 13.9. The van der Waals surface area contributed by atoms with Gasteiger partial charge in [0.15, 0.2) is 0 Å². The van der Waals surface area contributed by atoms with Gasteiger partial charge in [-0.3, -0.25) is 4.79 Å². The molecule has 0 aromatic rings. The fraction of sp³-hybridized carbons (Fsp3) is 0.967. The molecule has 6 fully saturated rings. The maximum absolute atomic E-state index is 12.9. The van der Waals surface area contributed by atoms with Gasteiger partial charge in [0.05, 0.1) is 12.7 Å². The highest BCUT2D eigenvalue weighted by Crippen LogP contribution is 2.77. The minimum atomic E-state index is -0.136. The molecule has 32 heavy (non-hydrogen) atoms. The van der Waals surface area contributed by atoms with Crippen LogP contribution in [0.15, 0.2) is 0 Å². The zero-order valence-corrected chi connectivity index (χ0v) is 22.0. The van der Waals surface area contributed by atoms with Gasteiger partial charge in [0.2, 0.25) is 0 Å². The van der Waals surface area contributed by atoms with E-state index in [4.69, 9.17) is 4.74 Å². The van der Waals surface area contributed by atoms with E-state index in [0.717, 1.165) is 37.2 Å². The maximum Gasteiger partial charge on any atom is 0.138 e. The van der Waals surface area contributed by atoms with E-state index in [9.17, 15) is 4.79 Å². The van der Waals surface area contributed by atoms with E-state index in [-0.39, 0.29) is 5.41 Å². The molecule has 9 atom stereocenters. The van der Waals surface area contributed by atoms with Crippen molar-refractivity contribution in [1.29, 1.82) is 0 Å². The SMILES string of the molecule is CC1(C)CC[C@]23CC[C@]4(C)[C@H](CC[C@@H]5[C@@]6(C)CCC(=O)C(C)(C)[C@H]6CC[C@]54C)[C@H]2[C@H]1OC3. The lowest BCUT2D eigenvalue weighted by atomic mass is 9.31. The van der Waals surface area contributed by atoms with E-state index in [2.05, 4.69) is 48.5 Å². The van der Waals surface area contributed by atoms with E-state index < -0.39 is 0 Å². The first-order valence-corrected chi connectivity index (χ1v) is 14.0. The van der Waals surface area contributed by atoms with E-state index in [1.165, 1.54) is 51.4 Å². The molecular formula is C30H48O2. The van der Waals surface area contributed by atoms with Crippen LogP contribution in [0, 0.1) is 56.2 Å². The van der Waals surface area contributed by atoms with Crippen molar-refractivity contribution >= 4 is 5.78 Å². The second-order valence-corrected chi connectivity index (χ2v) is 15.4. The van der Waals surface area contributed by atoms with E-state index >= 15 is 0 Å². The summed E-state index contributed by atoms with van der Waals surface area (Å²) >= 11 is 0. The summed E-state index contributed by atoms with van der Waals surface area (Å²) in [6.45, 7) is 18.6. The van der Waals surface area contributed by atoms with Crippen LogP contribution in [0.25, 0.3) is 0 Å². The first kappa shape index (κ1) is 22.1. The molecule has 2 bridgehead atoms. The highest BCUT2D eigenvalue weighted by Gasteiger charge is 2.72. The molecule has 5 aliphatic carbocycles. The summed E-state index contributed by atoms with van der Waals surface area (Å²) in [4.78, 5) is 12.9. The van der Waals surface area contributed by atoms with Crippen molar-refractivity contribution < 1.29 is 9.53 Å². The molecule has 1 aliphatic heterocycles. The van der Waals surface area contributed by atoms with E-state index in [1.54, 1.807) is 0 Å². The van der Waals surface area contributed by atoms with Gasteiger partial charge in [-0.1, -0.05) is 48.5 Å². The molecule has 180 valence electrons. The molecule has 0 aromatic carbocycles. The Morgan fingerprint density at radius 2 is 1.47 bits per heavy atom. The molecule has 0 N–H and O–H groups in total. The van der Waals surface area contributed by atoms with Crippen LogP contribution in [-0.2, 0) is 9.53 Å². The quantitative estimate of drug-likeness (QED) is 0.391. The Morgan fingerprint density at radius 1 is 0.750 bits per heavy atom. The molecule has 0 aromatic heterocycles. The summed E-state index contributed by atoms with van der Waals surface area (Å²) < 4.78 is 6.70. The monoisotopic (exact) mass is 440 g/mol. The highest BCUT2D eigenvalue weighted by molar-refractivity contribution is 5.85. The Morgan fingerprint density at radius 3 is 2.22 bits per heavy atom. The van der Waals surface area contributed by atoms with Crippen molar-refractivity contribution in [3.63, 3.8) is 0 Å². The molecular weight excluding hydrogens is 392 g/mol. The lowest BCUT2D eigenvalue weighted by Gasteiger charge is -2.72. The molecule has 0 spiro atoms. The van der Waals surface area contributed by atoms with Gasteiger partial charge in [-0.15, -0.1) is 0 Å². The first-order chi connectivity index (χ1) is 14.8. The van der Waals surface area contributed by atoms with Crippen LogP contribution in [0.3, 0.4) is 0 Å². The Balaban J connectivity index is 1.40. The molecule has 1 heterocycles. The third-order valence-electron chi connectivity index (χ3n) is 13.9. The fourth-order valence-electron chi connectivity index (χ4n) is 11.8. The number of rotatable bonds is 0. The number of hydrogen-bond acceptors (Lipinski definition) is 2. The predicted molar refractivity (Wildman–Crippen MR) is 129 cm³/mol. The largest absolute Gasteiger partial charge is 0.377 e. The van der Waals surface area contributed by atoms with Crippen molar-refractivity contribution in [3.8, 4) is 0 Å². The highest BCUT2D eigenvalue weighted by atomic mass is 16.5. The third kappa shape index (κ3) is 2.35. The van der Waals surface area contributed by atoms with Crippen molar-refractivity contribution in [2.45, 2.75) is 119 Å². The van der Waals surface area contributed by atoms with Gasteiger partial charge < -0.3 is 4.74 Å². The Bertz CT molecular complexity index is 842. The molecule has 0 unspecified atom stereocenters. The predicted octanol–water partition coefficient (Wildman–Crippen LogP) is 7.45. The Labute approximate surface area is 197 Å². The fourth-order valence-corrected chi connectivity index (χ4v) is 11.8. The van der Waals surface area contributed by atoms with Gasteiger partial charge >= 0.3 is 0 Å². The number of hydrogen-bond donors (Lipinski definition) is 0. The number of fused-ring (bicyclic) bond motifs is 5. The summed E-state index contributed by atoms with van der Waals surface area (Å²) in [6.07, 6.45) is 13.3. The van der Waals surface area contributed by atoms with Gasteiger partial charge in [-0.25, -0.2) is 0 Å². The molecule has 1 saturated heterocycles. The lowest BCUT2D eigenvalue weighted by Crippen LogP contribution is -2.67. The average Bonchev–Trinajstić information content (AvgIpc) is 3.05. The van der Waals surface area contributed by atoms with Crippen LogP contribution in [0.4, 0.5) is 0 Å². The number of ketones is 1. The molecule has 2 heteroatoms. The summed E-state index contributed by atoms with van der Waals surface area (Å²) in [7, 11) is 0. The van der Waals surface area contributed by atoms with Crippen molar-refractivity contribution in [2.75, 3.05) is 6.61 Å². The molecule has 6 rings (SSSR count). The standard InChI is InChI=1S/C30H48O2/c1-25(2)14-16-30-17-15-28(6)19(23(30)24(25)32-18-30)8-9-21-27(5)12-11-22(31)26(3,4)20(27)10-13-29(21,28)7/h19-21,23-24H,8-18H2,1-7H3/t19-,20-,21-,23+,24-,27+,28-,29-,30-/m1/s1. The molecule has 0 amide bonds. The summed E-state index contributed by atoms with van der Waals surface area (Å²) in [5.74, 6) is 3.46. The minimum Gasteiger partial charge on any atom is -0.377 e. The maximum atomic E-state index is 12.9. The Hall–Kier alpha value is -0.370. The molecule has 5 saturated carbocycles. The van der Waals surface area contributed by atoms with Crippen LogP contribution in [0.1, 0.15) is 113 Å². The van der Waals surface area contributed by atoms with Gasteiger partial charge in [0.1, 0.15) is 5.78 Å². The molecule has 6 aliphatic rings. The van der Waals surface area contributed by atoms with E-state index in [1.807, 2.05) is 0 Å². The van der Waals surface area contributed by atoms with Crippen molar-refractivity contribution in [2.24, 2.45) is 56.2 Å². The van der Waals surface area contributed by atoms with Crippen molar-refractivity contribution in [1.82, 2.24) is 0 Å².